The topological polar surface area (TPSA) is 125 Å². The van der Waals surface area contributed by atoms with E-state index in [-0.39, 0.29) is 36.9 Å². The third-order valence-corrected chi connectivity index (χ3v) is 4.30. The van der Waals surface area contributed by atoms with Crippen LogP contribution in [-0.4, -0.2) is 30.4 Å². The lowest BCUT2D eigenvalue weighted by Gasteiger charge is -2.23. The van der Waals surface area contributed by atoms with E-state index in [1.165, 1.54) is 6.07 Å². The van der Waals surface area contributed by atoms with Gasteiger partial charge in [-0.15, -0.1) is 0 Å². The monoisotopic (exact) mass is 381 g/mol. The van der Waals surface area contributed by atoms with Gasteiger partial charge in [-0.1, -0.05) is 12.1 Å². The lowest BCUT2D eigenvalue weighted by atomic mass is 10.0. The van der Waals surface area contributed by atoms with Gasteiger partial charge in [0.15, 0.2) is 0 Å². The molecule has 0 radical (unpaired) electrons. The summed E-state index contributed by atoms with van der Waals surface area (Å²) in [5.74, 6) is -1.12. The Morgan fingerprint density at radius 2 is 1.93 bits per heavy atom. The molecule has 0 aromatic heterocycles. The zero-order chi connectivity index (χ0) is 20.2. The minimum atomic E-state index is -0.451. The standard InChI is InChI=1S/C19H28FN3O4/c1-13(17(23-12-24)8-9-19(22)26)27-11-14-6-7-15(16(20)10-14)4-2-3-5-18(21)25/h6-7,10,12-13,17H,2-5,8-9,11H2,1H3,(H2,21,25)(H2,22,26)(H,23,24)/t13-,17+/m1/s1. The molecule has 0 bridgehead atoms. The van der Waals surface area contributed by atoms with E-state index in [0.29, 0.717) is 49.6 Å². The first-order chi connectivity index (χ1) is 12.8. The fourth-order valence-corrected chi connectivity index (χ4v) is 2.68. The van der Waals surface area contributed by atoms with E-state index >= 15 is 0 Å². The van der Waals surface area contributed by atoms with Gasteiger partial charge in [-0.3, -0.25) is 14.4 Å². The molecule has 0 fully saturated rings. The van der Waals surface area contributed by atoms with Gasteiger partial charge < -0.3 is 21.5 Å². The van der Waals surface area contributed by atoms with Crippen LogP contribution >= 0.6 is 0 Å². The number of carbonyl (C=O) groups is 3. The van der Waals surface area contributed by atoms with Crippen molar-refractivity contribution in [1.29, 1.82) is 0 Å². The largest absolute Gasteiger partial charge is 0.372 e. The van der Waals surface area contributed by atoms with E-state index in [2.05, 4.69) is 5.32 Å². The summed E-state index contributed by atoms with van der Waals surface area (Å²) in [5.41, 5.74) is 11.5. The van der Waals surface area contributed by atoms with E-state index in [9.17, 15) is 18.8 Å². The van der Waals surface area contributed by atoms with E-state index in [0.717, 1.165) is 0 Å². The van der Waals surface area contributed by atoms with Crippen LogP contribution in [0.25, 0.3) is 0 Å². The van der Waals surface area contributed by atoms with Crippen molar-refractivity contribution in [3.05, 3.63) is 35.1 Å². The number of halogens is 1. The fraction of sp³-hybridized carbons (Fsp3) is 0.526. The molecule has 2 atom stereocenters. The second-order valence-corrected chi connectivity index (χ2v) is 6.51. The highest BCUT2D eigenvalue weighted by Gasteiger charge is 2.18. The van der Waals surface area contributed by atoms with Gasteiger partial charge in [0.1, 0.15) is 5.82 Å². The Morgan fingerprint density at radius 3 is 2.52 bits per heavy atom. The summed E-state index contributed by atoms with van der Waals surface area (Å²) in [6.45, 7) is 1.94. The molecular weight excluding hydrogens is 353 g/mol. The van der Waals surface area contributed by atoms with Crippen LogP contribution in [0, 0.1) is 5.82 Å². The Labute approximate surface area is 158 Å². The van der Waals surface area contributed by atoms with E-state index in [4.69, 9.17) is 16.2 Å². The quantitative estimate of drug-likeness (QED) is 0.332. The van der Waals surface area contributed by atoms with Crippen molar-refractivity contribution in [3.63, 3.8) is 0 Å². The number of benzene rings is 1. The van der Waals surface area contributed by atoms with Gasteiger partial charge in [0.25, 0.3) is 0 Å². The van der Waals surface area contributed by atoms with Crippen LogP contribution in [0.3, 0.4) is 0 Å². The number of aryl methyl sites for hydroxylation is 1. The van der Waals surface area contributed by atoms with Crippen molar-refractivity contribution in [3.8, 4) is 0 Å². The molecule has 7 nitrogen and oxygen atoms in total. The van der Waals surface area contributed by atoms with E-state index in [1.807, 2.05) is 0 Å². The lowest BCUT2D eigenvalue weighted by molar-refractivity contribution is -0.119. The number of carbonyl (C=O) groups excluding carboxylic acids is 3. The summed E-state index contributed by atoms with van der Waals surface area (Å²) < 4.78 is 19.9. The maximum absolute atomic E-state index is 14.2. The van der Waals surface area contributed by atoms with Crippen LogP contribution in [0.1, 0.15) is 50.2 Å². The van der Waals surface area contributed by atoms with Gasteiger partial charge in [0.05, 0.1) is 18.8 Å². The third-order valence-electron chi connectivity index (χ3n) is 4.30. The van der Waals surface area contributed by atoms with Crippen LogP contribution in [0.2, 0.25) is 0 Å². The summed E-state index contributed by atoms with van der Waals surface area (Å²) in [6.07, 6.45) is 2.85. The van der Waals surface area contributed by atoms with Crippen LogP contribution in [0.15, 0.2) is 18.2 Å². The first-order valence-corrected chi connectivity index (χ1v) is 8.98. The van der Waals surface area contributed by atoms with E-state index in [1.54, 1.807) is 19.1 Å². The summed E-state index contributed by atoms with van der Waals surface area (Å²) >= 11 is 0. The molecule has 0 aliphatic heterocycles. The molecule has 0 unspecified atom stereocenters. The summed E-state index contributed by atoms with van der Waals surface area (Å²) in [4.78, 5) is 32.3. The molecule has 3 amide bonds. The average molecular weight is 381 g/mol. The van der Waals surface area contributed by atoms with Crippen molar-refractivity contribution in [1.82, 2.24) is 5.32 Å². The summed E-state index contributed by atoms with van der Waals surface area (Å²) in [6, 6.07) is 4.55. The first-order valence-electron chi connectivity index (χ1n) is 8.98. The maximum Gasteiger partial charge on any atom is 0.217 e. The Balaban J connectivity index is 2.52. The summed E-state index contributed by atoms with van der Waals surface area (Å²) in [7, 11) is 0. The van der Waals surface area contributed by atoms with Gasteiger partial charge in [0.2, 0.25) is 18.2 Å². The lowest BCUT2D eigenvalue weighted by Crippen LogP contribution is -2.39. The predicted octanol–water partition coefficient (Wildman–Crippen LogP) is 1.31. The molecule has 0 aliphatic rings. The van der Waals surface area contributed by atoms with Crippen molar-refractivity contribution in [2.75, 3.05) is 0 Å². The molecule has 1 aromatic carbocycles. The highest BCUT2D eigenvalue weighted by Crippen LogP contribution is 2.16. The summed E-state index contributed by atoms with van der Waals surface area (Å²) in [5, 5.41) is 2.61. The zero-order valence-electron chi connectivity index (χ0n) is 15.6. The molecule has 0 saturated carbocycles. The number of nitrogens with two attached hydrogens (primary N) is 2. The molecule has 0 aliphatic carbocycles. The molecule has 0 saturated heterocycles. The number of rotatable bonds is 14. The Bertz CT molecular complexity index is 639. The van der Waals surface area contributed by atoms with Crippen LogP contribution in [0.5, 0.6) is 0 Å². The van der Waals surface area contributed by atoms with Gasteiger partial charge in [0, 0.05) is 12.8 Å². The average Bonchev–Trinajstić information content (AvgIpc) is 2.61. The van der Waals surface area contributed by atoms with Gasteiger partial charge >= 0.3 is 0 Å². The molecule has 0 spiro atoms. The molecular formula is C19H28FN3O4. The molecule has 150 valence electrons. The SMILES string of the molecule is C[C@@H](OCc1ccc(CCCCC(N)=O)c(F)c1)[C@H](CCC(N)=O)NC=O. The highest BCUT2D eigenvalue weighted by atomic mass is 19.1. The smallest absolute Gasteiger partial charge is 0.217 e. The molecule has 1 aromatic rings. The van der Waals surface area contributed by atoms with E-state index < -0.39 is 5.91 Å². The second-order valence-electron chi connectivity index (χ2n) is 6.51. The number of ether oxygens (including phenoxy) is 1. The Kier molecular flexibility index (Phi) is 10.0. The van der Waals surface area contributed by atoms with Gasteiger partial charge in [-0.2, -0.15) is 0 Å². The van der Waals surface area contributed by atoms with Crippen LogP contribution in [-0.2, 0) is 32.1 Å². The third kappa shape index (κ3) is 9.14. The number of unbranched alkanes of at least 4 members (excludes halogenated alkanes) is 1. The van der Waals surface area contributed by atoms with Crippen molar-refractivity contribution >= 4 is 18.2 Å². The fourth-order valence-electron chi connectivity index (χ4n) is 2.68. The molecule has 8 heteroatoms. The second kappa shape index (κ2) is 12.0. The number of hydrogen-bond donors (Lipinski definition) is 3. The zero-order valence-corrected chi connectivity index (χ0v) is 15.6. The van der Waals surface area contributed by atoms with Crippen LogP contribution < -0.4 is 16.8 Å². The minimum absolute atomic E-state index is 0.137. The molecule has 5 N–H and O–H groups in total. The molecule has 0 heterocycles. The normalized spacial score (nSPS) is 13.0. The van der Waals surface area contributed by atoms with Gasteiger partial charge in [-0.05, 0) is 49.8 Å². The van der Waals surface area contributed by atoms with Gasteiger partial charge in [-0.25, -0.2) is 4.39 Å². The first kappa shape index (κ1) is 22.6. The number of hydrogen-bond acceptors (Lipinski definition) is 4. The molecule has 27 heavy (non-hydrogen) atoms. The Morgan fingerprint density at radius 1 is 1.22 bits per heavy atom. The maximum atomic E-state index is 14.2. The number of primary amides is 2. The van der Waals surface area contributed by atoms with Crippen molar-refractivity contribution < 1.29 is 23.5 Å². The predicted molar refractivity (Wildman–Crippen MR) is 98.8 cm³/mol. The highest BCUT2D eigenvalue weighted by molar-refractivity contribution is 5.74. The molecule has 1 rings (SSSR count). The Hall–Kier alpha value is -2.48. The van der Waals surface area contributed by atoms with Crippen molar-refractivity contribution in [2.45, 2.75) is 64.2 Å². The minimum Gasteiger partial charge on any atom is -0.372 e. The van der Waals surface area contributed by atoms with Crippen LogP contribution in [0.4, 0.5) is 4.39 Å². The van der Waals surface area contributed by atoms with Crippen molar-refractivity contribution in [2.24, 2.45) is 11.5 Å². The number of nitrogens with one attached hydrogen (secondary N) is 1. The number of amides is 3.